The van der Waals surface area contributed by atoms with Gasteiger partial charge in [-0.3, -0.25) is 0 Å². The first-order valence-corrected chi connectivity index (χ1v) is 8.26. The van der Waals surface area contributed by atoms with Crippen LogP contribution >= 0.6 is 0 Å². The van der Waals surface area contributed by atoms with Gasteiger partial charge in [-0.15, -0.1) is 0 Å². The van der Waals surface area contributed by atoms with E-state index in [-0.39, 0.29) is 0 Å². The molecule has 1 saturated carbocycles. The fraction of sp³-hybridized carbons (Fsp3) is 0.667. The second kappa shape index (κ2) is 6.17. The fourth-order valence-electron chi connectivity index (χ4n) is 3.31. The highest BCUT2D eigenvalue weighted by molar-refractivity contribution is 5.40. The Morgan fingerprint density at radius 1 is 1.35 bits per heavy atom. The van der Waals surface area contributed by atoms with Crippen molar-refractivity contribution < 1.29 is 4.74 Å². The maximum Gasteiger partial charge on any atom is 0.123 e. The van der Waals surface area contributed by atoms with Crippen molar-refractivity contribution >= 4 is 0 Å². The molecule has 2 nitrogen and oxygen atoms in total. The molecule has 110 valence electrons. The van der Waals surface area contributed by atoms with Gasteiger partial charge in [0.25, 0.3) is 0 Å². The van der Waals surface area contributed by atoms with Gasteiger partial charge in [0.15, 0.2) is 0 Å². The molecule has 1 aromatic rings. The van der Waals surface area contributed by atoms with Crippen LogP contribution in [0, 0.1) is 12.8 Å². The molecular weight excluding hydrogens is 246 g/mol. The summed E-state index contributed by atoms with van der Waals surface area (Å²) in [5, 5.41) is 3.73. The predicted molar refractivity (Wildman–Crippen MR) is 83.3 cm³/mol. The van der Waals surface area contributed by atoms with Gasteiger partial charge in [-0.25, -0.2) is 0 Å². The molecule has 1 N–H and O–H groups in total. The second-order valence-electron chi connectivity index (χ2n) is 6.53. The molecule has 3 rings (SSSR count). The average Bonchev–Trinajstić information content (AvgIpc) is 3.19. The molecule has 1 fully saturated rings. The zero-order valence-electron chi connectivity index (χ0n) is 12.8. The summed E-state index contributed by atoms with van der Waals surface area (Å²) in [5.41, 5.74) is 2.74. The summed E-state index contributed by atoms with van der Waals surface area (Å²) < 4.78 is 6.09. The minimum atomic E-state index is 0.400. The van der Waals surface area contributed by atoms with Gasteiger partial charge in [0, 0.05) is 12.5 Å². The largest absolute Gasteiger partial charge is 0.490 e. The normalized spacial score (nSPS) is 22.4. The van der Waals surface area contributed by atoms with Gasteiger partial charge in [-0.1, -0.05) is 24.6 Å². The molecule has 1 heterocycles. The van der Waals surface area contributed by atoms with Crippen LogP contribution in [0.3, 0.4) is 0 Å². The Labute approximate surface area is 122 Å². The highest BCUT2D eigenvalue weighted by Crippen LogP contribution is 2.36. The molecule has 1 aliphatic heterocycles. The molecule has 20 heavy (non-hydrogen) atoms. The lowest BCUT2D eigenvalue weighted by Gasteiger charge is -2.20. The number of rotatable bonds is 7. The Bertz CT molecular complexity index is 453. The number of hydrogen-bond acceptors (Lipinski definition) is 2. The first kappa shape index (κ1) is 13.9. The molecule has 0 spiro atoms. The topological polar surface area (TPSA) is 21.3 Å². The van der Waals surface area contributed by atoms with Crippen molar-refractivity contribution in [2.24, 2.45) is 5.92 Å². The van der Waals surface area contributed by atoms with E-state index in [1.807, 2.05) is 0 Å². The lowest BCUT2D eigenvalue weighted by atomic mass is 10.0. The summed E-state index contributed by atoms with van der Waals surface area (Å²) >= 11 is 0. The molecule has 1 aromatic carbocycles. The summed E-state index contributed by atoms with van der Waals surface area (Å²) in [5.74, 6) is 2.05. The lowest BCUT2D eigenvalue weighted by molar-refractivity contribution is 0.208. The Kier molecular flexibility index (Phi) is 4.30. The Morgan fingerprint density at radius 2 is 2.20 bits per heavy atom. The van der Waals surface area contributed by atoms with Crippen molar-refractivity contribution in [2.45, 2.75) is 64.5 Å². The van der Waals surface area contributed by atoms with Crippen molar-refractivity contribution in [3.63, 3.8) is 0 Å². The summed E-state index contributed by atoms with van der Waals surface area (Å²) in [7, 11) is 0. The molecular formula is C18H27NO. The number of aryl methyl sites for hydroxylation is 1. The van der Waals surface area contributed by atoms with Gasteiger partial charge < -0.3 is 10.1 Å². The number of nitrogens with one attached hydrogen (secondary N) is 1. The fourth-order valence-corrected chi connectivity index (χ4v) is 3.31. The summed E-state index contributed by atoms with van der Waals surface area (Å²) in [6, 6.07) is 7.29. The first-order chi connectivity index (χ1) is 9.76. The number of fused-ring (bicyclic) bond motifs is 1. The van der Waals surface area contributed by atoms with Gasteiger partial charge in [-0.2, -0.15) is 0 Å². The standard InChI is InChI=1S/C18H27NO/c1-3-10-19-17(14-5-6-14)8-7-16-12-15-11-13(2)4-9-18(15)20-16/h4,9,11,14,16-17,19H,3,5-8,10,12H2,1-2H3. The second-order valence-corrected chi connectivity index (χ2v) is 6.53. The highest BCUT2D eigenvalue weighted by Gasteiger charge is 2.32. The van der Waals surface area contributed by atoms with E-state index in [0.717, 1.165) is 30.7 Å². The molecule has 0 aromatic heterocycles. The zero-order chi connectivity index (χ0) is 13.9. The third-order valence-corrected chi connectivity index (χ3v) is 4.60. The van der Waals surface area contributed by atoms with Gasteiger partial charge >= 0.3 is 0 Å². The zero-order valence-corrected chi connectivity index (χ0v) is 12.8. The van der Waals surface area contributed by atoms with Gasteiger partial charge in [0.2, 0.25) is 0 Å². The predicted octanol–water partition coefficient (Wildman–Crippen LogP) is 3.86. The molecule has 2 atom stereocenters. The Morgan fingerprint density at radius 3 is 2.95 bits per heavy atom. The molecule has 0 radical (unpaired) electrons. The molecule has 2 heteroatoms. The smallest absolute Gasteiger partial charge is 0.123 e. The number of benzene rings is 1. The van der Waals surface area contributed by atoms with Crippen LogP contribution in [0.2, 0.25) is 0 Å². The molecule has 0 amide bonds. The van der Waals surface area contributed by atoms with E-state index in [1.54, 1.807) is 0 Å². The van der Waals surface area contributed by atoms with Crippen LogP contribution in [-0.2, 0) is 6.42 Å². The van der Waals surface area contributed by atoms with Gasteiger partial charge in [0.1, 0.15) is 11.9 Å². The van der Waals surface area contributed by atoms with Crippen molar-refractivity contribution in [2.75, 3.05) is 6.54 Å². The summed E-state index contributed by atoms with van der Waals surface area (Å²) in [4.78, 5) is 0. The van der Waals surface area contributed by atoms with Crippen molar-refractivity contribution in [3.05, 3.63) is 29.3 Å². The van der Waals surface area contributed by atoms with Crippen LogP contribution in [0.15, 0.2) is 18.2 Å². The van der Waals surface area contributed by atoms with Gasteiger partial charge in [-0.05, 0) is 63.1 Å². The Hall–Kier alpha value is -1.02. The van der Waals surface area contributed by atoms with Crippen molar-refractivity contribution in [3.8, 4) is 5.75 Å². The highest BCUT2D eigenvalue weighted by atomic mass is 16.5. The Balaban J connectivity index is 1.49. The molecule has 2 unspecified atom stereocenters. The van der Waals surface area contributed by atoms with Crippen LogP contribution in [0.25, 0.3) is 0 Å². The van der Waals surface area contributed by atoms with Gasteiger partial charge in [0.05, 0.1) is 0 Å². The SMILES string of the molecule is CCCNC(CCC1Cc2cc(C)ccc2O1)C1CC1. The van der Waals surface area contributed by atoms with E-state index in [0.29, 0.717) is 6.10 Å². The van der Waals surface area contributed by atoms with E-state index < -0.39 is 0 Å². The van der Waals surface area contributed by atoms with E-state index in [4.69, 9.17) is 4.74 Å². The van der Waals surface area contributed by atoms with E-state index in [9.17, 15) is 0 Å². The molecule has 2 aliphatic rings. The number of hydrogen-bond donors (Lipinski definition) is 1. The summed E-state index contributed by atoms with van der Waals surface area (Å²) in [6.45, 7) is 5.56. The minimum absolute atomic E-state index is 0.400. The average molecular weight is 273 g/mol. The number of ether oxygens (including phenoxy) is 1. The summed E-state index contributed by atoms with van der Waals surface area (Å²) in [6.07, 6.45) is 8.03. The minimum Gasteiger partial charge on any atom is -0.490 e. The maximum absolute atomic E-state index is 6.09. The van der Waals surface area contributed by atoms with Crippen molar-refractivity contribution in [1.82, 2.24) is 5.32 Å². The van der Waals surface area contributed by atoms with Crippen LogP contribution in [-0.4, -0.2) is 18.7 Å². The van der Waals surface area contributed by atoms with Crippen molar-refractivity contribution in [1.29, 1.82) is 0 Å². The third-order valence-electron chi connectivity index (χ3n) is 4.60. The molecule has 1 aliphatic carbocycles. The molecule has 0 saturated heterocycles. The van der Waals surface area contributed by atoms with E-state index in [2.05, 4.69) is 37.4 Å². The first-order valence-electron chi connectivity index (χ1n) is 8.26. The van der Waals surface area contributed by atoms with Crippen LogP contribution < -0.4 is 10.1 Å². The molecule has 0 bridgehead atoms. The lowest BCUT2D eigenvalue weighted by Crippen LogP contribution is -2.33. The van der Waals surface area contributed by atoms with Crippen LogP contribution in [0.5, 0.6) is 5.75 Å². The van der Waals surface area contributed by atoms with Crippen LogP contribution in [0.4, 0.5) is 0 Å². The van der Waals surface area contributed by atoms with Crippen LogP contribution in [0.1, 0.15) is 50.2 Å². The quantitative estimate of drug-likeness (QED) is 0.814. The third kappa shape index (κ3) is 3.35. The van der Waals surface area contributed by atoms with E-state index in [1.165, 1.54) is 43.2 Å². The maximum atomic E-state index is 6.09. The van der Waals surface area contributed by atoms with E-state index >= 15 is 0 Å². The monoisotopic (exact) mass is 273 g/mol.